The maximum Gasteiger partial charge on any atom is 0.241 e. The Morgan fingerprint density at radius 1 is 0.684 bits per heavy atom. The largest absolute Gasteiger partial charge is 0.315 e. The van der Waals surface area contributed by atoms with Gasteiger partial charge in [-0.3, -0.25) is 4.98 Å². The Kier molecular flexibility index (Phi) is 10.6. The van der Waals surface area contributed by atoms with Gasteiger partial charge in [-0.15, -0.1) is 24.8 Å². The van der Waals surface area contributed by atoms with Gasteiger partial charge in [-0.05, 0) is 65.0 Å². The molecule has 0 amide bonds. The number of sulfonamides is 1. The first kappa shape index (κ1) is 29.6. The summed E-state index contributed by atoms with van der Waals surface area (Å²) in [7, 11) is -3.70. The van der Waals surface area contributed by atoms with Gasteiger partial charge in [-0.1, -0.05) is 72.8 Å². The predicted octanol–water partition coefficient (Wildman–Crippen LogP) is 6.40. The topological polar surface area (TPSA) is 71.1 Å². The molecule has 0 radical (unpaired) electrons. The molecule has 5 rings (SSSR count). The highest BCUT2D eigenvalue weighted by molar-refractivity contribution is 7.89. The van der Waals surface area contributed by atoms with Crippen LogP contribution in [0.1, 0.15) is 12.0 Å². The molecule has 1 heterocycles. The highest BCUT2D eigenvalue weighted by Gasteiger charge is 2.18. The molecule has 0 atom stereocenters. The van der Waals surface area contributed by atoms with Crippen LogP contribution >= 0.6 is 24.8 Å². The van der Waals surface area contributed by atoms with Gasteiger partial charge in [-0.2, -0.15) is 0 Å². The average Bonchev–Trinajstić information content (AvgIpc) is 2.92. The van der Waals surface area contributed by atoms with Crippen molar-refractivity contribution in [3.63, 3.8) is 0 Å². The van der Waals surface area contributed by atoms with Crippen LogP contribution in [-0.4, -0.2) is 33.0 Å². The Morgan fingerprint density at radius 2 is 1.45 bits per heavy atom. The summed E-state index contributed by atoms with van der Waals surface area (Å²) in [4.78, 5) is 4.46. The molecule has 38 heavy (non-hydrogen) atoms. The van der Waals surface area contributed by atoms with Gasteiger partial charge in [0.15, 0.2) is 0 Å². The van der Waals surface area contributed by atoms with E-state index >= 15 is 0 Å². The van der Waals surface area contributed by atoms with Crippen molar-refractivity contribution < 1.29 is 8.42 Å². The molecule has 0 bridgehead atoms. The molecule has 1 aromatic heterocycles. The van der Waals surface area contributed by atoms with Crippen molar-refractivity contribution in [3.05, 3.63) is 109 Å². The molecule has 8 heteroatoms. The van der Waals surface area contributed by atoms with E-state index in [0.717, 1.165) is 35.9 Å². The lowest BCUT2D eigenvalue weighted by molar-refractivity contribution is 0.575. The van der Waals surface area contributed by atoms with Gasteiger partial charge in [0.2, 0.25) is 10.0 Å². The molecule has 0 aliphatic carbocycles. The standard InChI is InChI=1S/C30H29N3O2S.2ClH/c34-36(35,30-21-26(23-8-2-1-3-9-23)20-27-22-32-17-15-29(27)30)33-19-18-31-16-7-13-25-12-6-11-24-10-4-5-14-28(24)25;;/h1-6,8-12,14-15,17,20-22,31,33H,7,13,16,18-19H2;2*1H. The Balaban J connectivity index is 0.00000200. The number of hydrogen-bond acceptors (Lipinski definition) is 4. The van der Waals surface area contributed by atoms with Crippen LogP contribution in [0.3, 0.4) is 0 Å². The van der Waals surface area contributed by atoms with Gasteiger partial charge in [0.05, 0.1) is 4.90 Å². The summed E-state index contributed by atoms with van der Waals surface area (Å²) in [6.45, 7) is 1.70. The summed E-state index contributed by atoms with van der Waals surface area (Å²) in [5, 5.41) is 7.39. The fourth-order valence-electron chi connectivity index (χ4n) is 4.58. The average molecular weight is 569 g/mol. The number of rotatable bonds is 10. The summed E-state index contributed by atoms with van der Waals surface area (Å²) in [6, 6.07) is 30.1. The molecule has 0 aliphatic rings. The zero-order chi connectivity index (χ0) is 24.8. The Labute approximate surface area is 236 Å². The number of hydrogen-bond donors (Lipinski definition) is 2. The van der Waals surface area contributed by atoms with Gasteiger partial charge < -0.3 is 5.32 Å². The number of pyridine rings is 1. The Bertz CT molecular complexity index is 1590. The molecule has 0 saturated heterocycles. The number of aromatic nitrogens is 1. The quantitative estimate of drug-likeness (QED) is 0.191. The van der Waals surface area contributed by atoms with Crippen LogP contribution in [0.5, 0.6) is 0 Å². The van der Waals surface area contributed by atoms with Gasteiger partial charge >= 0.3 is 0 Å². The minimum Gasteiger partial charge on any atom is -0.315 e. The third-order valence-electron chi connectivity index (χ3n) is 6.39. The summed E-state index contributed by atoms with van der Waals surface area (Å²) in [5.41, 5.74) is 3.16. The number of halogens is 2. The smallest absolute Gasteiger partial charge is 0.241 e. The Morgan fingerprint density at radius 3 is 2.29 bits per heavy atom. The van der Waals surface area contributed by atoms with Gasteiger partial charge in [0.25, 0.3) is 0 Å². The van der Waals surface area contributed by atoms with Crippen LogP contribution in [0, 0.1) is 0 Å². The number of aryl methyl sites for hydroxylation is 1. The van der Waals surface area contributed by atoms with Crippen molar-refractivity contribution in [1.29, 1.82) is 0 Å². The number of nitrogens with one attached hydrogen (secondary N) is 2. The fourth-order valence-corrected chi connectivity index (χ4v) is 5.87. The third kappa shape index (κ3) is 6.90. The maximum atomic E-state index is 13.3. The summed E-state index contributed by atoms with van der Waals surface area (Å²) >= 11 is 0. The zero-order valence-electron chi connectivity index (χ0n) is 20.8. The lowest BCUT2D eigenvalue weighted by Gasteiger charge is -2.13. The van der Waals surface area contributed by atoms with E-state index in [-0.39, 0.29) is 29.7 Å². The highest BCUT2D eigenvalue weighted by atomic mass is 35.5. The van der Waals surface area contributed by atoms with Crippen LogP contribution in [0.2, 0.25) is 0 Å². The maximum absolute atomic E-state index is 13.3. The van der Waals surface area contributed by atoms with Crippen molar-refractivity contribution >= 4 is 56.4 Å². The normalized spacial score (nSPS) is 11.2. The van der Waals surface area contributed by atoms with E-state index in [0.29, 0.717) is 18.5 Å². The van der Waals surface area contributed by atoms with Crippen molar-refractivity contribution in [2.24, 2.45) is 0 Å². The summed E-state index contributed by atoms with van der Waals surface area (Å²) < 4.78 is 29.3. The van der Waals surface area contributed by atoms with Crippen LogP contribution in [0.25, 0.3) is 32.7 Å². The second kappa shape index (κ2) is 13.7. The molecule has 0 saturated carbocycles. The molecular weight excluding hydrogens is 537 g/mol. The molecule has 5 nitrogen and oxygen atoms in total. The molecule has 0 fully saturated rings. The molecule has 5 aromatic rings. The highest BCUT2D eigenvalue weighted by Crippen LogP contribution is 2.30. The second-order valence-electron chi connectivity index (χ2n) is 8.83. The van der Waals surface area contributed by atoms with E-state index in [2.05, 4.69) is 57.5 Å². The summed E-state index contributed by atoms with van der Waals surface area (Å²) in [6.07, 6.45) is 5.29. The van der Waals surface area contributed by atoms with Crippen LogP contribution in [0.4, 0.5) is 0 Å². The number of fused-ring (bicyclic) bond motifs is 2. The van der Waals surface area contributed by atoms with Crippen LogP contribution in [0.15, 0.2) is 108 Å². The zero-order valence-corrected chi connectivity index (χ0v) is 23.3. The van der Waals surface area contributed by atoms with Crippen molar-refractivity contribution in [1.82, 2.24) is 15.0 Å². The first-order chi connectivity index (χ1) is 17.6. The second-order valence-corrected chi connectivity index (χ2v) is 10.6. The molecule has 4 aromatic carbocycles. The summed E-state index contributed by atoms with van der Waals surface area (Å²) in [5.74, 6) is 0. The third-order valence-corrected chi connectivity index (χ3v) is 7.89. The van der Waals surface area contributed by atoms with Crippen molar-refractivity contribution in [2.75, 3.05) is 19.6 Å². The molecular formula is C30H31Cl2N3O2S. The van der Waals surface area contributed by atoms with Gasteiger partial charge in [-0.25, -0.2) is 13.1 Å². The molecule has 2 N–H and O–H groups in total. The van der Waals surface area contributed by atoms with E-state index in [1.54, 1.807) is 24.5 Å². The fraction of sp³-hybridized carbons (Fsp3) is 0.167. The van der Waals surface area contributed by atoms with Gasteiger partial charge in [0.1, 0.15) is 0 Å². The molecule has 198 valence electrons. The number of nitrogens with zero attached hydrogens (tertiary/aromatic N) is 1. The first-order valence-corrected chi connectivity index (χ1v) is 13.7. The van der Waals surface area contributed by atoms with E-state index in [9.17, 15) is 8.42 Å². The monoisotopic (exact) mass is 567 g/mol. The van der Waals surface area contributed by atoms with E-state index in [4.69, 9.17) is 0 Å². The number of benzene rings is 4. The van der Waals surface area contributed by atoms with Crippen molar-refractivity contribution in [3.8, 4) is 11.1 Å². The van der Waals surface area contributed by atoms with Crippen LogP contribution in [-0.2, 0) is 16.4 Å². The minimum absolute atomic E-state index is 0. The van der Waals surface area contributed by atoms with Gasteiger partial charge in [0, 0.05) is 36.3 Å². The lowest BCUT2D eigenvalue weighted by Crippen LogP contribution is -2.32. The van der Waals surface area contributed by atoms with E-state index in [1.807, 2.05) is 36.4 Å². The molecule has 0 unspecified atom stereocenters. The first-order valence-electron chi connectivity index (χ1n) is 12.2. The predicted molar refractivity (Wildman–Crippen MR) is 162 cm³/mol. The Hall–Kier alpha value is -3.00. The minimum atomic E-state index is -3.70. The van der Waals surface area contributed by atoms with E-state index in [1.165, 1.54) is 16.3 Å². The lowest BCUT2D eigenvalue weighted by atomic mass is 10.0. The SMILES string of the molecule is Cl.Cl.O=S(=O)(NCCNCCCc1cccc2ccccc12)c1cc(-c2ccccc2)cc2cnccc12. The van der Waals surface area contributed by atoms with E-state index < -0.39 is 10.0 Å². The molecule has 0 aliphatic heterocycles. The molecule has 0 spiro atoms. The van der Waals surface area contributed by atoms with Crippen LogP contribution < -0.4 is 10.0 Å². The van der Waals surface area contributed by atoms with Crippen molar-refractivity contribution in [2.45, 2.75) is 17.7 Å².